The lowest BCUT2D eigenvalue weighted by Crippen LogP contribution is -2.30. The standard InChI is InChI=1S/C11H16N2O2S/c1-14-9-4-6-16-11(9)10(13-12)8-3-2-5-15-7-8/h4,6-7,10,13H,2-3,5,12H2,1H3. The molecule has 0 saturated heterocycles. The van der Waals surface area contributed by atoms with E-state index in [4.69, 9.17) is 15.3 Å². The van der Waals surface area contributed by atoms with Crippen molar-refractivity contribution in [1.82, 2.24) is 5.43 Å². The normalized spacial score (nSPS) is 17.5. The first-order chi connectivity index (χ1) is 7.86. The molecule has 0 spiro atoms. The third-order valence-electron chi connectivity index (χ3n) is 2.64. The van der Waals surface area contributed by atoms with Crippen LogP contribution < -0.4 is 16.0 Å². The molecule has 4 nitrogen and oxygen atoms in total. The van der Waals surface area contributed by atoms with Crippen molar-refractivity contribution in [2.45, 2.75) is 18.9 Å². The van der Waals surface area contributed by atoms with Gasteiger partial charge in [-0.1, -0.05) is 0 Å². The molecule has 0 bridgehead atoms. The zero-order valence-corrected chi connectivity index (χ0v) is 10.0. The second kappa shape index (κ2) is 5.34. The molecule has 2 rings (SSSR count). The maximum absolute atomic E-state index is 5.62. The maximum atomic E-state index is 5.62. The van der Waals surface area contributed by atoms with E-state index in [1.807, 2.05) is 17.7 Å². The molecule has 16 heavy (non-hydrogen) atoms. The van der Waals surface area contributed by atoms with E-state index in [1.165, 1.54) is 5.57 Å². The van der Waals surface area contributed by atoms with E-state index in [0.29, 0.717) is 0 Å². The van der Waals surface area contributed by atoms with Crippen LogP contribution >= 0.6 is 11.3 Å². The number of rotatable bonds is 4. The van der Waals surface area contributed by atoms with Gasteiger partial charge in [-0.05, 0) is 29.9 Å². The number of methoxy groups -OCH3 is 1. The Kier molecular flexibility index (Phi) is 3.82. The van der Waals surface area contributed by atoms with Crippen molar-refractivity contribution in [3.05, 3.63) is 28.2 Å². The zero-order valence-electron chi connectivity index (χ0n) is 9.23. The number of hydrogen-bond acceptors (Lipinski definition) is 5. The third-order valence-corrected chi connectivity index (χ3v) is 3.60. The van der Waals surface area contributed by atoms with Crippen molar-refractivity contribution in [1.29, 1.82) is 0 Å². The van der Waals surface area contributed by atoms with Crippen LogP contribution in [-0.2, 0) is 4.74 Å². The van der Waals surface area contributed by atoms with Gasteiger partial charge >= 0.3 is 0 Å². The van der Waals surface area contributed by atoms with Crippen LogP contribution in [-0.4, -0.2) is 13.7 Å². The summed E-state index contributed by atoms with van der Waals surface area (Å²) < 4.78 is 10.6. The molecule has 2 heterocycles. The first-order valence-corrected chi connectivity index (χ1v) is 6.13. The Hall–Kier alpha value is -1.04. The number of hydrazine groups is 1. The van der Waals surface area contributed by atoms with Crippen molar-refractivity contribution in [3.63, 3.8) is 0 Å². The Balaban J connectivity index is 2.24. The average molecular weight is 240 g/mol. The Morgan fingerprint density at radius 1 is 1.62 bits per heavy atom. The molecule has 0 amide bonds. The first kappa shape index (κ1) is 11.4. The van der Waals surface area contributed by atoms with E-state index < -0.39 is 0 Å². The molecule has 1 aromatic heterocycles. The summed E-state index contributed by atoms with van der Waals surface area (Å²) in [5.41, 5.74) is 4.01. The molecule has 1 aliphatic rings. The minimum Gasteiger partial charge on any atom is -0.501 e. The molecule has 1 aliphatic heterocycles. The van der Waals surface area contributed by atoms with Crippen molar-refractivity contribution in [2.24, 2.45) is 5.84 Å². The molecular formula is C11H16N2O2S. The number of thiophene rings is 1. The summed E-state index contributed by atoms with van der Waals surface area (Å²) in [4.78, 5) is 1.10. The lowest BCUT2D eigenvalue weighted by molar-refractivity contribution is 0.219. The molecular weight excluding hydrogens is 224 g/mol. The summed E-state index contributed by atoms with van der Waals surface area (Å²) in [6.45, 7) is 0.794. The van der Waals surface area contributed by atoms with Crippen LogP contribution in [0, 0.1) is 0 Å². The number of ether oxygens (including phenoxy) is 2. The summed E-state index contributed by atoms with van der Waals surface area (Å²) in [5.74, 6) is 6.50. The van der Waals surface area contributed by atoms with Gasteiger partial charge in [0.2, 0.25) is 0 Å². The highest BCUT2D eigenvalue weighted by Crippen LogP contribution is 2.36. The lowest BCUT2D eigenvalue weighted by atomic mass is 10.0. The minimum atomic E-state index is -0.00440. The van der Waals surface area contributed by atoms with Crippen LogP contribution in [0.2, 0.25) is 0 Å². The van der Waals surface area contributed by atoms with E-state index in [2.05, 4.69) is 5.43 Å². The number of nitrogens with one attached hydrogen (secondary N) is 1. The Morgan fingerprint density at radius 3 is 3.12 bits per heavy atom. The summed E-state index contributed by atoms with van der Waals surface area (Å²) in [5, 5.41) is 2.00. The second-order valence-corrected chi connectivity index (χ2v) is 4.57. The topological polar surface area (TPSA) is 56.5 Å². The summed E-state index contributed by atoms with van der Waals surface area (Å²) in [6, 6.07) is 1.95. The fourth-order valence-corrected chi connectivity index (χ4v) is 2.80. The Morgan fingerprint density at radius 2 is 2.50 bits per heavy atom. The molecule has 3 N–H and O–H groups in total. The second-order valence-electron chi connectivity index (χ2n) is 3.62. The predicted molar refractivity (Wildman–Crippen MR) is 64.2 cm³/mol. The van der Waals surface area contributed by atoms with E-state index in [-0.39, 0.29) is 6.04 Å². The highest BCUT2D eigenvalue weighted by Gasteiger charge is 2.22. The maximum Gasteiger partial charge on any atom is 0.134 e. The largest absolute Gasteiger partial charge is 0.501 e. The van der Waals surface area contributed by atoms with Crippen molar-refractivity contribution >= 4 is 11.3 Å². The molecule has 0 saturated carbocycles. The fraction of sp³-hybridized carbons (Fsp3) is 0.455. The first-order valence-electron chi connectivity index (χ1n) is 5.25. The van der Waals surface area contributed by atoms with Gasteiger partial charge in [0.15, 0.2) is 0 Å². The summed E-state index contributed by atoms with van der Waals surface area (Å²) in [7, 11) is 1.67. The smallest absolute Gasteiger partial charge is 0.134 e. The van der Waals surface area contributed by atoms with Gasteiger partial charge < -0.3 is 9.47 Å². The van der Waals surface area contributed by atoms with Crippen molar-refractivity contribution in [2.75, 3.05) is 13.7 Å². The van der Waals surface area contributed by atoms with Crippen LogP contribution in [0.4, 0.5) is 0 Å². The van der Waals surface area contributed by atoms with Gasteiger partial charge in [0.05, 0.1) is 30.9 Å². The number of hydrogen-bond donors (Lipinski definition) is 2. The van der Waals surface area contributed by atoms with E-state index in [0.717, 1.165) is 30.1 Å². The molecule has 88 valence electrons. The Labute approximate surface area is 99.0 Å². The average Bonchev–Trinajstić information content (AvgIpc) is 2.80. The number of nitrogens with two attached hydrogens (primary N) is 1. The van der Waals surface area contributed by atoms with Gasteiger partial charge in [0.1, 0.15) is 5.75 Å². The molecule has 0 fully saturated rings. The molecule has 1 aromatic rings. The summed E-state index contributed by atoms with van der Waals surface area (Å²) in [6.07, 6.45) is 3.86. The molecule has 1 atom stereocenters. The quantitative estimate of drug-likeness (QED) is 0.624. The predicted octanol–water partition coefficient (Wildman–Crippen LogP) is 1.96. The minimum absolute atomic E-state index is 0.00440. The lowest BCUT2D eigenvalue weighted by Gasteiger charge is -2.22. The monoisotopic (exact) mass is 240 g/mol. The Bertz CT molecular complexity index is 376. The zero-order chi connectivity index (χ0) is 11.4. The highest BCUT2D eigenvalue weighted by atomic mass is 32.1. The van der Waals surface area contributed by atoms with E-state index >= 15 is 0 Å². The third kappa shape index (κ3) is 2.21. The van der Waals surface area contributed by atoms with Gasteiger partial charge in [0.25, 0.3) is 0 Å². The van der Waals surface area contributed by atoms with Crippen LogP contribution in [0.3, 0.4) is 0 Å². The SMILES string of the molecule is COc1ccsc1C(NN)C1=COCCC1. The van der Waals surface area contributed by atoms with Crippen molar-refractivity contribution in [3.8, 4) is 5.75 Å². The molecule has 0 aliphatic carbocycles. The highest BCUT2D eigenvalue weighted by molar-refractivity contribution is 7.10. The van der Waals surface area contributed by atoms with Gasteiger partial charge in [0, 0.05) is 0 Å². The molecule has 5 heteroatoms. The van der Waals surface area contributed by atoms with Gasteiger partial charge in [-0.25, -0.2) is 5.43 Å². The van der Waals surface area contributed by atoms with Crippen LogP contribution in [0.25, 0.3) is 0 Å². The molecule has 0 radical (unpaired) electrons. The van der Waals surface area contributed by atoms with Crippen LogP contribution in [0.15, 0.2) is 23.3 Å². The fourth-order valence-electron chi connectivity index (χ4n) is 1.84. The molecule has 1 unspecified atom stereocenters. The van der Waals surface area contributed by atoms with Crippen molar-refractivity contribution < 1.29 is 9.47 Å². The van der Waals surface area contributed by atoms with Crippen LogP contribution in [0.5, 0.6) is 5.75 Å². The van der Waals surface area contributed by atoms with Gasteiger partial charge in [-0.3, -0.25) is 5.84 Å². The molecule has 0 aromatic carbocycles. The van der Waals surface area contributed by atoms with Crippen LogP contribution in [0.1, 0.15) is 23.8 Å². The summed E-state index contributed by atoms with van der Waals surface area (Å²) >= 11 is 1.64. The van der Waals surface area contributed by atoms with E-state index in [9.17, 15) is 0 Å². The van der Waals surface area contributed by atoms with E-state index in [1.54, 1.807) is 18.4 Å². The van der Waals surface area contributed by atoms with Gasteiger partial charge in [-0.15, -0.1) is 11.3 Å². The van der Waals surface area contributed by atoms with Gasteiger partial charge in [-0.2, -0.15) is 0 Å².